The monoisotopic (exact) mass is 292 g/mol. The van der Waals surface area contributed by atoms with Crippen molar-refractivity contribution >= 4 is 38.2 Å². The van der Waals surface area contributed by atoms with Crippen LogP contribution in [0.3, 0.4) is 0 Å². The van der Waals surface area contributed by atoms with Gasteiger partial charge in [0, 0.05) is 27.0 Å². The van der Waals surface area contributed by atoms with Crippen molar-refractivity contribution < 1.29 is 0 Å². The Bertz CT molecular complexity index is 613. The molecule has 0 N–H and O–H groups in total. The Hall–Kier alpha value is -1.13. The molecule has 3 rings (SSSR count). The van der Waals surface area contributed by atoms with E-state index in [1.54, 1.807) is 11.3 Å². The number of thiazole rings is 1. The van der Waals surface area contributed by atoms with Gasteiger partial charge >= 0.3 is 0 Å². The van der Waals surface area contributed by atoms with Gasteiger partial charge in [-0.3, -0.25) is 0 Å². The zero-order valence-corrected chi connectivity index (χ0v) is 10.8. The molecule has 2 aromatic heterocycles. The van der Waals surface area contributed by atoms with Crippen LogP contribution >= 0.6 is 27.3 Å². The third-order valence-electron chi connectivity index (χ3n) is 2.55. The summed E-state index contributed by atoms with van der Waals surface area (Å²) in [5, 5.41) is 3.34. The third kappa shape index (κ3) is 1.79. The Morgan fingerprint density at radius 1 is 1.31 bits per heavy atom. The fourth-order valence-electron chi connectivity index (χ4n) is 1.80. The molecular weight excluding hydrogens is 284 g/mol. The number of hydrogen-bond donors (Lipinski definition) is 0. The van der Waals surface area contributed by atoms with Crippen LogP contribution < -0.4 is 0 Å². The zero-order valence-electron chi connectivity index (χ0n) is 8.43. The lowest BCUT2D eigenvalue weighted by Crippen LogP contribution is -1.97. The fraction of sp³-hybridized carbons (Fsp3) is 0.0833. The number of halogens is 1. The van der Waals surface area contributed by atoms with Gasteiger partial charge in [-0.2, -0.15) is 0 Å². The SMILES string of the molecule is Brc1ccc2c(ccn2Cc2cscn2)c1. The minimum absolute atomic E-state index is 0.842. The molecule has 0 saturated heterocycles. The average Bonchev–Trinajstić information content (AvgIpc) is 2.89. The van der Waals surface area contributed by atoms with Crippen LogP contribution in [0.15, 0.2) is 45.8 Å². The molecule has 0 radical (unpaired) electrons. The van der Waals surface area contributed by atoms with Crippen molar-refractivity contribution in [1.29, 1.82) is 0 Å². The summed E-state index contributed by atoms with van der Waals surface area (Å²) in [6.07, 6.45) is 2.11. The maximum Gasteiger partial charge on any atom is 0.0795 e. The van der Waals surface area contributed by atoms with E-state index in [1.807, 2.05) is 5.51 Å². The minimum Gasteiger partial charge on any atom is -0.341 e. The van der Waals surface area contributed by atoms with Crippen LogP contribution in [0.25, 0.3) is 10.9 Å². The molecular formula is C12H9BrN2S. The van der Waals surface area contributed by atoms with Gasteiger partial charge in [-0.15, -0.1) is 11.3 Å². The van der Waals surface area contributed by atoms with Gasteiger partial charge in [0.1, 0.15) is 0 Å². The molecule has 2 heterocycles. The molecule has 0 spiro atoms. The number of benzene rings is 1. The molecule has 80 valence electrons. The molecule has 0 fully saturated rings. The molecule has 0 aliphatic carbocycles. The van der Waals surface area contributed by atoms with Crippen LogP contribution in [-0.2, 0) is 6.54 Å². The summed E-state index contributed by atoms with van der Waals surface area (Å²) in [4.78, 5) is 4.30. The van der Waals surface area contributed by atoms with Crippen LogP contribution in [0.2, 0.25) is 0 Å². The second kappa shape index (κ2) is 4.03. The summed E-state index contributed by atoms with van der Waals surface area (Å²) in [6, 6.07) is 8.46. The van der Waals surface area contributed by atoms with Crippen LogP contribution in [0, 0.1) is 0 Å². The first-order chi connectivity index (χ1) is 7.83. The molecule has 3 aromatic rings. The zero-order chi connectivity index (χ0) is 11.0. The Kier molecular flexibility index (Phi) is 2.53. The summed E-state index contributed by atoms with van der Waals surface area (Å²) < 4.78 is 3.34. The molecule has 16 heavy (non-hydrogen) atoms. The van der Waals surface area contributed by atoms with E-state index in [4.69, 9.17) is 0 Å². The maximum atomic E-state index is 4.30. The molecule has 0 aliphatic rings. The van der Waals surface area contributed by atoms with Gasteiger partial charge in [0.15, 0.2) is 0 Å². The van der Waals surface area contributed by atoms with Crippen molar-refractivity contribution in [3.8, 4) is 0 Å². The highest BCUT2D eigenvalue weighted by atomic mass is 79.9. The minimum atomic E-state index is 0.842. The second-order valence-corrected chi connectivity index (χ2v) is 5.26. The van der Waals surface area contributed by atoms with Crippen LogP contribution in [0.5, 0.6) is 0 Å². The number of fused-ring (bicyclic) bond motifs is 1. The summed E-state index contributed by atoms with van der Waals surface area (Å²) >= 11 is 5.12. The smallest absolute Gasteiger partial charge is 0.0795 e. The van der Waals surface area contributed by atoms with Crippen molar-refractivity contribution in [2.24, 2.45) is 0 Å². The van der Waals surface area contributed by atoms with E-state index in [9.17, 15) is 0 Å². The van der Waals surface area contributed by atoms with Gasteiger partial charge in [-0.25, -0.2) is 4.98 Å². The van der Waals surface area contributed by atoms with E-state index >= 15 is 0 Å². The molecule has 0 aliphatic heterocycles. The first-order valence-electron chi connectivity index (χ1n) is 4.94. The lowest BCUT2D eigenvalue weighted by molar-refractivity contribution is 0.814. The van der Waals surface area contributed by atoms with E-state index in [1.165, 1.54) is 10.9 Å². The van der Waals surface area contributed by atoms with Crippen molar-refractivity contribution in [1.82, 2.24) is 9.55 Å². The average molecular weight is 293 g/mol. The molecule has 0 unspecified atom stereocenters. The highest BCUT2D eigenvalue weighted by Crippen LogP contribution is 2.21. The molecule has 2 nitrogen and oxygen atoms in total. The molecule has 1 aromatic carbocycles. The first kappa shape index (κ1) is 10.1. The topological polar surface area (TPSA) is 17.8 Å². The summed E-state index contributed by atoms with van der Waals surface area (Å²) in [5.74, 6) is 0. The van der Waals surface area contributed by atoms with Crippen molar-refractivity contribution in [2.75, 3.05) is 0 Å². The number of hydrogen-bond acceptors (Lipinski definition) is 2. The van der Waals surface area contributed by atoms with Crippen molar-refractivity contribution in [3.05, 3.63) is 51.5 Å². The molecule has 4 heteroatoms. The first-order valence-corrected chi connectivity index (χ1v) is 6.68. The van der Waals surface area contributed by atoms with Gasteiger partial charge < -0.3 is 4.57 Å². The van der Waals surface area contributed by atoms with Crippen LogP contribution in [0.1, 0.15) is 5.69 Å². The number of rotatable bonds is 2. The highest BCUT2D eigenvalue weighted by molar-refractivity contribution is 9.10. The van der Waals surface area contributed by atoms with Gasteiger partial charge in [0.25, 0.3) is 0 Å². The van der Waals surface area contributed by atoms with Crippen LogP contribution in [0.4, 0.5) is 0 Å². The predicted molar refractivity (Wildman–Crippen MR) is 70.9 cm³/mol. The fourth-order valence-corrected chi connectivity index (χ4v) is 2.73. The Labute approximate surface area is 106 Å². The van der Waals surface area contributed by atoms with Gasteiger partial charge in [-0.1, -0.05) is 15.9 Å². The van der Waals surface area contributed by atoms with Gasteiger partial charge in [0.2, 0.25) is 0 Å². The molecule has 0 atom stereocenters. The third-order valence-corrected chi connectivity index (χ3v) is 3.68. The van der Waals surface area contributed by atoms with E-state index in [-0.39, 0.29) is 0 Å². The maximum absolute atomic E-state index is 4.30. The normalized spacial score (nSPS) is 11.1. The summed E-state index contributed by atoms with van der Waals surface area (Å²) in [5.41, 5.74) is 4.24. The largest absolute Gasteiger partial charge is 0.341 e. The number of aromatic nitrogens is 2. The second-order valence-electron chi connectivity index (χ2n) is 3.63. The Morgan fingerprint density at radius 2 is 2.25 bits per heavy atom. The van der Waals surface area contributed by atoms with E-state index in [0.717, 1.165) is 16.7 Å². The predicted octanol–water partition coefficient (Wildman–Crippen LogP) is 3.91. The summed E-state index contributed by atoms with van der Waals surface area (Å²) in [7, 11) is 0. The highest BCUT2D eigenvalue weighted by Gasteiger charge is 2.03. The van der Waals surface area contributed by atoms with Gasteiger partial charge in [0.05, 0.1) is 17.7 Å². The Morgan fingerprint density at radius 3 is 3.06 bits per heavy atom. The lowest BCUT2D eigenvalue weighted by Gasteiger charge is -2.02. The van der Waals surface area contributed by atoms with Crippen LogP contribution in [-0.4, -0.2) is 9.55 Å². The summed E-state index contributed by atoms with van der Waals surface area (Å²) in [6.45, 7) is 0.842. The molecule has 0 amide bonds. The molecule has 0 saturated carbocycles. The Balaban J connectivity index is 2.04. The van der Waals surface area contributed by atoms with Gasteiger partial charge in [-0.05, 0) is 24.3 Å². The van der Waals surface area contributed by atoms with E-state index in [2.05, 4.69) is 61.3 Å². The quantitative estimate of drug-likeness (QED) is 0.700. The lowest BCUT2D eigenvalue weighted by atomic mass is 10.2. The van der Waals surface area contributed by atoms with Crippen molar-refractivity contribution in [2.45, 2.75) is 6.54 Å². The van der Waals surface area contributed by atoms with E-state index in [0.29, 0.717) is 0 Å². The standard InChI is InChI=1S/C12H9BrN2S/c13-10-1-2-12-9(5-10)3-4-15(12)6-11-7-16-8-14-11/h1-5,7-8H,6H2. The number of nitrogens with zero attached hydrogens (tertiary/aromatic N) is 2. The van der Waals surface area contributed by atoms with Crippen molar-refractivity contribution in [3.63, 3.8) is 0 Å². The molecule has 0 bridgehead atoms. The van der Waals surface area contributed by atoms with E-state index < -0.39 is 0 Å².